The lowest BCUT2D eigenvalue weighted by atomic mass is 10.1. The van der Waals surface area contributed by atoms with Crippen LogP contribution in [0.5, 0.6) is 0 Å². The first-order valence-electron chi connectivity index (χ1n) is 5.34. The van der Waals surface area contributed by atoms with E-state index in [4.69, 9.17) is 0 Å². The van der Waals surface area contributed by atoms with Crippen LogP contribution in [0.25, 0.3) is 0 Å². The minimum Gasteiger partial charge on any atom is -0.477 e. The van der Waals surface area contributed by atoms with Crippen LogP contribution in [0.4, 0.5) is 5.69 Å². The number of carboxylic acids is 1. The van der Waals surface area contributed by atoms with Crippen LogP contribution in [0.15, 0.2) is 18.2 Å². The summed E-state index contributed by atoms with van der Waals surface area (Å²) in [6, 6.07) is 4.72. The van der Waals surface area contributed by atoms with Crippen molar-refractivity contribution in [3.05, 3.63) is 27.3 Å². The number of aromatic carboxylic acids is 1. The maximum atomic E-state index is 11.9. The molecule has 5 nitrogen and oxygen atoms in total. The molecule has 0 aromatic heterocycles. The van der Waals surface area contributed by atoms with Gasteiger partial charge in [-0.3, -0.25) is 0 Å². The smallest absolute Gasteiger partial charge is 0.341 e. The highest BCUT2D eigenvalue weighted by molar-refractivity contribution is 14.1. The fourth-order valence-corrected chi connectivity index (χ4v) is 2.63. The van der Waals surface area contributed by atoms with Crippen LogP contribution in [0.3, 0.4) is 0 Å². The number of carboxylic acid groups (broad SMARTS) is 1. The molecule has 94 valence electrons. The van der Waals surface area contributed by atoms with Crippen molar-refractivity contribution in [3.8, 4) is 0 Å². The minimum atomic E-state index is -1.13. The summed E-state index contributed by atoms with van der Waals surface area (Å²) in [6.07, 6.45) is 0.334. The van der Waals surface area contributed by atoms with Crippen LogP contribution in [-0.2, 0) is 9.59 Å². The molecular weight excluding hydrogens is 349 g/mol. The third kappa shape index (κ3) is 1.85. The van der Waals surface area contributed by atoms with Gasteiger partial charge in [0.05, 0.1) is 19.9 Å². The van der Waals surface area contributed by atoms with Gasteiger partial charge in [0.15, 0.2) is 5.69 Å². The van der Waals surface area contributed by atoms with Crippen molar-refractivity contribution in [2.45, 2.75) is 12.8 Å². The van der Waals surface area contributed by atoms with Crippen molar-refractivity contribution in [1.29, 1.82) is 0 Å². The lowest BCUT2D eigenvalue weighted by molar-refractivity contribution is -0.135. The first kappa shape index (κ1) is 13.2. The molecule has 2 amide bonds. The standard InChI is InChI=1S/C12H10INO4/c1-14(10(15)4-5-11(14)16)9-3-2-7(13)6-8(9)12(17)18/h2-3,6H,4-5H2,1H3/p+1. The Labute approximate surface area is 117 Å². The fourth-order valence-electron chi connectivity index (χ4n) is 2.14. The Balaban J connectivity index is 2.68. The molecule has 0 radical (unpaired) electrons. The molecule has 6 heteroatoms. The molecule has 1 aromatic rings. The Kier molecular flexibility index (Phi) is 3.24. The summed E-state index contributed by atoms with van der Waals surface area (Å²) in [7, 11) is 1.46. The zero-order valence-electron chi connectivity index (χ0n) is 9.64. The molecule has 0 atom stereocenters. The largest absolute Gasteiger partial charge is 0.477 e. The molecule has 1 aliphatic heterocycles. The molecule has 0 spiro atoms. The van der Waals surface area contributed by atoms with Crippen molar-refractivity contribution >= 4 is 46.1 Å². The normalized spacial score (nSPS) is 18.1. The Bertz CT molecular complexity index is 551. The molecule has 18 heavy (non-hydrogen) atoms. The third-order valence-corrected chi connectivity index (χ3v) is 3.89. The molecule has 1 N–H and O–H groups in total. The lowest BCUT2D eigenvalue weighted by Gasteiger charge is -2.24. The van der Waals surface area contributed by atoms with Crippen LogP contribution in [0.1, 0.15) is 23.2 Å². The van der Waals surface area contributed by atoms with E-state index in [1.807, 2.05) is 22.6 Å². The maximum absolute atomic E-state index is 11.9. The summed E-state index contributed by atoms with van der Waals surface area (Å²) in [4.78, 5) is 35.1. The van der Waals surface area contributed by atoms with Crippen LogP contribution < -0.4 is 4.48 Å². The van der Waals surface area contributed by atoms with Gasteiger partial charge in [0, 0.05) is 9.64 Å². The van der Waals surface area contributed by atoms with Crippen LogP contribution >= 0.6 is 22.6 Å². The number of nitrogens with zero attached hydrogens (tertiary/aromatic N) is 1. The molecule has 0 bridgehead atoms. The molecule has 1 fully saturated rings. The highest BCUT2D eigenvalue weighted by atomic mass is 127. The second-order valence-electron chi connectivity index (χ2n) is 4.26. The highest BCUT2D eigenvalue weighted by Gasteiger charge is 2.49. The minimum absolute atomic E-state index is 0.00741. The zero-order valence-corrected chi connectivity index (χ0v) is 11.8. The number of likely N-dealkylation sites (tertiary alicyclic amines) is 1. The van der Waals surface area contributed by atoms with E-state index in [9.17, 15) is 19.5 Å². The number of benzene rings is 1. The van der Waals surface area contributed by atoms with E-state index in [1.165, 1.54) is 13.1 Å². The van der Waals surface area contributed by atoms with E-state index >= 15 is 0 Å². The summed E-state index contributed by atoms with van der Waals surface area (Å²) in [6.45, 7) is 0. The van der Waals surface area contributed by atoms with Gasteiger partial charge >= 0.3 is 17.8 Å². The third-order valence-electron chi connectivity index (χ3n) is 3.22. The number of halogens is 1. The monoisotopic (exact) mass is 360 g/mol. The van der Waals surface area contributed by atoms with E-state index < -0.39 is 10.5 Å². The molecule has 1 aromatic carbocycles. The van der Waals surface area contributed by atoms with Gasteiger partial charge in [-0.25, -0.2) is 14.4 Å². The van der Waals surface area contributed by atoms with Crippen molar-refractivity contribution < 1.29 is 19.5 Å². The van der Waals surface area contributed by atoms with Gasteiger partial charge in [-0.1, -0.05) is 0 Å². The number of imide groups is 1. The molecule has 1 saturated heterocycles. The Hall–Kier alpha value is -1.28. The number of carbonyl (C=O) groups excluding carboxylic acids is 2. The Morgan fingerprint density at radius 1 is 1.28 bits per heavy atom. The predicted octanol–water partition coefficient (Wildman–Crippen LogP) is 1.77. The van der Waals surface area contributed by atoms with Crippen molar-refractivity contribution in [2.24, 2.45) is 0 Å². The second-order valence-corrected chi connectivity index (χ2v) is 5.51. The molecule has 2 rings (SSSR count). The number of hydrogen-bond acceptors (Lipinski definition) is 3. The van der Waals surface area contributed by atoms with Gasteiger partial charge in [-0.15, -0.1) is 0 Å². The molecule has 0 saturated carbocycles. The number of carbonyl (C=O) groups is 3. The highest BCUT2D eigenvalue weighted by Crippen LogP contribution is 2.33. The Morgan fingerprint density at radius 2 is 1.83 bits per heavy atom. The van der Waals surface area contributed by atoms with Crippen LogP contribution in [0.2, 0.25) is 0 Å². The number of quaternary nitrogens is 1. The average molecular weight is 360 g/mol. The number of rotatable bonds is 2. The molecule has 1 heterocycles. The topological polar surface area (TPSA) is 71.4 Å². The fraction of sp³-hybridized carbons (Fsp3) is 0.250. The van der Waals surface area contributed by atoms with Gasteiger partial charge in [-0.2, -0.15) is 4.48 Å². The van der Waals surface area contributed by atoms with Crippen molar-refractivity contribution in [1.82, 2.24) is 4.48 Å². The van der Waals surface area contributed by atoms with Gasteiger partial charge in [0.2, 0.25) is 0 Å². The van der Waals surface area contributed by atoms with E-state index in [0.717, 1.165) is 3.57 Å². The lowest BCUT2D eigenvalue weighted by Crippen LogP contribution is -2.50. The summed E-state index contributed by atoms with van der Waals surface area (Å²) in [5.74, 6) is -1.65. The van der Waals surface area contributed by atoms with Crippen LogP contribution in [-0.4, -0.2) is 29.9 Å². The first-order valence-corrected chi connectivity index (χ1v) is 6.42. The SMILES string of the molecule is C[N+]1(c2ccc(I)cc2C(=O)O)C(=O)CCC1=O. The summed E-state index contributed by atoms with van der Waals surface area (Å²) in [5.41, 5.74) is 0.253. The van der Waals surface area contributed by atoms with Crippen LogP contribution in [0, 0.1) is 3.57 Å². The number of hydrogen-bond donors (Lipinski definition) is 1. The molecule has 1 aliphatic rings. The maximum Gasteiger partial charge on any atom is 0.341 e. The predicted molar refractivity (Wildman–Crippen MR) is 73.1 cm³/mol. The first-order chi connectivity index (χ1) is 8.37. The molecular formula is C12H11INO4+. The summed E-state index contributed by atoms with van der Waals surface area (Å²) >= 11 is 1.99. The zero-order chi connectivity index (χ0) is 13.5. The number of amides is 2. The second kappa shape index (κ2) is 4.43. The van der Waals surface area contributed by atoms with Gasteiger partial charge < -0.3 is 5.11 Å². The Morgan fingerprint density at radius 3 is 2.33 bits per heavy atom. The molecule has 0 aliphatic carbocycles. The average Bonchev–Trinajstić information content (AvgIpc) is 2.57. The quantitative estimate of drug-likeness (QED) is 0.496. The van der Waals surface area contributed by atoms with Crippen molar-refractivity contribution in [3.63, 3.8) is 0 Å². The van der Waals surface area contributed by atoms with Gasteiger partial charge in [0.25, 0.3) is 0 Å². The van der Waals surface area contributed by atoms with E-state index in [-0.39, 0.29) is 35.9 Å². The summed E-state index contributed by atoms with van der Waals surface area (Å²) < 4.78 is 0.206. The van der Waals surface area contributed by atoms with Gasteiger partial charge in [-0.05, 0) is 34.7 Å². The van der Waals surface area contributed by atoms with Crippen molar-refractivity contribution in [2.75, 3.05) is 7.05 Å². The molecule has 0 unspecified atom stereocenters. The van der Waals surface area contributed by atoms with E-state index in [0.29, 0.717) is 0 Å². The van der Waals surface area contributed by atoms with E-state index in [1.54, 1.807) is 12.1 Å². The van der Waals surface area contributed by atoms with Gasteiger partial charge in [0.1, 0.15) is 5.56 Å². The summed E-state index contributed by atoms with van der Waals surface area (Å²) in [5, 5.41) is 9.20. The van der Waals surface area contributed by atoms with E-state index in [2.05, 4.69) is 0 Å².